The molecule has 2 aliphatic rings. The first kappa shape index (κ1) is 31.1. The monoisotopic (exact) mass is 576 g/mol. The van der Waals surface area contributed by atoms with E-state index >= 15 is 0 Å². The van der Waals surface area contributed by atoms with Crippen molar-refractivity contribution in [2.45, 2.75) is 84.0 Å². The Bertz CT molecular complexity index is 1230. The molecule has 0 aliphatic carbocycles. The molecule has 226 valence electrons. The maximum atomic E-state index is 13.4. The van der Waals surface area contributed by atoms with Crippen molar-refractivity contribution in [1.29, 1.82) is 0 Å². The highest BCUT2D eigenvalue weighted by molar-refractivity contribution is 5.89. The van der Waals surface area contributed by atoms with E-state index < -0.39 is 23.8 Å². The number of carbonyl (C=O) groups excluding carboxylic acids is 4. The average molecular weight is 577 g/mol. The summed E-state index contributed by atoms with van der Waals surface area (Å²) in [5.74, 6) is -0.800. The first-order valence-corrected chi connectivity index (χ1v) is 15.0. The largest absolute Gasteiger partial charge is 0.444 e. The number of likely N-dealkylation sites (tertiary alicyclic amines) is 2. The molecular weight excluding hydrogens is 532 g/mol. The number of hydrogen-bond acceptors (Lipinski definition) is 5. The zero-order valence-electron chi connectivity index (χ0n) is 25.2. The van der Waals surface area contributed by atoms with Crippen molar-refractivity contribution in [2.24, 2.45) is 5.92 Å². The van der Waals surface area contributed by atoms with Crippen molar-refractivity contribution in [3.8, 4) is 0 Å². The first-order chi connectivity index (χ1) is 20.0. The van der Waals surface area contributed by atoms with Crippen LogP contribution in [0.1, 0.15) is 63.1 Å². The van der Waals surface area contributed by atoms with Crippen LogP contribution in [0, 0.1) is 12.8 Å². The highest BCUT2D eigenvalue weighted by Crippen LogP contribution is 2.25. The second kappa shape index (κ2) is 13.9. The minimum absolute atomic E-state index is 0.0883. The minimum atomic E-state index is -0.717. The second-order valence-electron chi connectivity index (χ2n) is 12.4. The Kier molecular flexibility index (Phi) is 10.2. The second-order valence-corrected chi connectivity index (χ2v) is 12.4. The first-order valence-electron chi connectivity index (χ1n) is 15.0. The van der Waals surface area contributed by atoms with Crippen LogP contribution in [0.4, 0.5) is 4.79 Å². The molecule has 2 unspecified atom stereocenters. The van der Waals surface area contributed by atoms with Gasteiger partial charge in [0.05, 0.1) is 0 Å². The third kappa shape index (κ3) is 8.57. The summed E-state index contributed by atoms with van der Waals surface area (Å²) >= 11 is 0. The lowest BCUT2D eigenvalue weighted by Gasteiger charge is -2.35. The standard InChI is InChI=1S/C33H44N4O5/c1-23-12-14-25(15-13-23)22-34-30(39)27(21-24-9-6-5-7-10-24)35-29(38)26-16-19-36(20-17-26)31(40)28-11-8-18-37(28)32(41)42-33(2,3)4/h5-7,9-10,12-15,26-28H,8,11,16-22H2,1-4H3,(H,34,39)(H,35,38). The van der Waals surface area contributed by atoms with Gasteiger partial charge in [-0.05, 0) is 64.5 Å². The third-order valence-electron chi connectivity index (χ3n) is 7.85. The normalized spacial score (nSPS) is 18.3. The molecule has 2 atom stereocenters. The smallest absolute Gasteiger partial charge is 0.410 e. The van der Waals surface area contributed by atoms with Crippen LogP contribution in [0.3, 0.4) is 0 Å². The van der Waals surface area contributed by atoms with Crippen LogP contribution < -0.4 is 10.6 Å². The van der Waals surface area contributed by atoms with Crippen molar-refractivity contribution in [3.63, 3.8) is 0 Å². The zero-order chi connectivity index (χ0) is 30.3. The summed E-state index contributed by atoms with van der Waals surface area (Å²) in [4.78, 5) is 55.9. The summed E-state index contributed by atoms with van der Waals surface area (Å²) < 4.78 is 5.51. The van der Waals surface area contributed by atoms with Crippen LogP contribution in [0.15, 0.2) is 54.6 Å². The molecule has 0 spiro atoms. The Morgan fingerprint density at radius 2 is 1.57 bits per heavy atom. The summed E-state index contributed by atoms with van der Waals surface area (Å²) in [6, 6.07) is 16.4. The summed E-state index contributed by atoms with van der Waals surface area (Å²) in [6.45, 7) is 9.18. The molecule has 9 nitrogen and oxygen atoms in total. The molecule has 0 bridgehead atoms. The lowest BCUT2D eigenvalue weighted by atomic mass is 9.94. The van der Waals surface area contributed by atoms with E-state index in [1.807, 2.05) is 82.3 Å². The zero-order valence-corrected chi connectivity index (χ0v) is 25.2. The molecule has 2 aliphatic heterocycles. The Hall–Kier alpha value is -3.88. The minimum Gasteiger partial charge on any atom is -0.444 e. The van der Waals surface area contributed by atoms with Gasteiger partial charge in [0.25, 0.3) is 0 Å². The van der Waals surface area contributed by atoms with Crippen LogP contribution in [0.2, 0.25) is 0 Å². The predicted molar refractivity (Wildman–Crippen MR) is 160 cm³/mol. The maximum Gasteiger partial charge on any atom is 0.410 e. The molecule has 2 fully saturated rings. The molecule has 2 heterocycles. The van der Waals surface area contributed by atoms with Gasteiger partial charge in [0.15, 0.2) is 0 Å². The number of nitrogens with one attached hydrogen (secondary N) is 2. The molecule has 2 N–H and O–H groups in total. The number of amides is 4. The average Bonchev–Trinajstić information content (AvgIpc) is 3.46. The van der Waals surface area contributed by atoms with Gasteiger partial charge in [-0.2, -0.15) is 0 Å². The van der Waals surface area contributed by atoms with Crippen LogP contribution in [-0.4, -0.2) is 70.9 Å². The van der Waals surface area contributed by atoms with Gasteiger partial charge < -0.3 is 20.3 Å². The molecule has 2 aromatic carbocycles. The number of carbonyl (C=O) groups is 4. The van der Waals surface area contributed by atoms with Gasteiger partial charge in [-0.3, -0.25) is 19.3 Å². The van der Waals surface area contributed by atoms with Gasteiger partial charge in [-0.15, -0.1) is 0 Å². The topological polar surface area (TPSA) is 108 Å². The van der Waals surface area contributed by atoms with Gasteiger partial charge in [0.2, 0.25) is 17.7 Å². The Labute approximate surface area is 249 Å². The van der Waals surface area contributed by atoms with E-state index in [0.29, 0.717) is 51.9 Å². The number of ether oxygens (including phenoxy) is 1. The highest BCUT2D eigenvalue weighted by atomic mass is 16.6. The molecule has 0 saturated carbocycles. The van der Waals surface area contributed by atoms with E-state index in [-0.39, 0.29) is 23.6 Å². The van der Waals surface area contributed by atoms with Crippen molar-refractivity contribution in [3.05, 3.63) is 71.3 Å². The van der Waals surface area contributed by atoms with Crippen LogP contribution in [0.5, 0.6) is 0 Å². The van der Waals surface area contributed by atoms with Gasteiger partial charge in [-0.25, -0.2) is 4.79 Å². The fourth-order valence-electron chi connectivity index (χ4n) is 5.50. The number of piperidine rings is 1. The van der Waals surface area contributed by atoms with E-state index in [0.717, 1.165) is 23.1 Å². The van der Waals surface area contributed by atoms with E-state index in [4.69, 9.17) is 4.74 Å². The van der Waals surface area contributed by atoms with E-state index in [1.165, 1.54) is 4.90 Å². The lowest BCUT2D eigenvalue weighted by Crippen LogP contribution is -2.53. The van der Waals surface area contributed by atoms with Gasteiger partial charge in [0, 0.05) is 38.5 Å². The molecule has 0 radical (unpaired) electrons. The number of nitrogens with zero attached hydrogens (tertiary/aromatic N) is 2. The summed E-state index contributed by atoms with van der Waals surface area (Å²) in [5, 5.41) is 5.98. The van der Waals surface area contributed by atoms with E-state index in [9.17, 15) is 19.2 Å². The molecule has 0 aromatic heterocycles. The van der Waals surface area contributed by atoms with E-state index in [2.05, 4.69) is 10.6 Å². The SMILES string of the molecule is Cc1ccc(CNC(=O)C(Cc2ccccc2)NC(=O)C2CCN(C(=O)C3CCCN3C(=O)OC(C)(C)C)CC2)cc1. The molecule has 2 saturated heterocycles. The number of benzene rings is 2. The maximum absolute atomic E-state index is 13.4. The molecule has 2 aromatic rings. The molecular formula is C33H44N4O5. The lowest BCUT2D eigenvalue weighted by molar-refractivity contribution is -0.139. The highest BCUT2D eigenvalue weighted by Gasteiger charge is 2.40. The Morgan fingerprint density at radius 3 is 2.21 bits per heavy atom. The molecule has 42 heavy (non-hydrogen) atoms. The van der Waals surface area contributed by atoms with Crippen molar-refractivity contribution >= 4 is 23.8 Å². The van der Waals surface area contributed by atoms with Crippen LogP contribution >= 0.6 is 0 Å². The summed E-state index contributed by atoms with van der Waals surface area (Å²) in [7, 11) is 0. The van der Waals surface area contributed by atoms with E-state index in [1.54, 1.807) is 4.90 Å². The van der Waals surface area contributed by atoms with Crippen molar-refractivity contribution in [1.82, 2.24) is 20.4 Å². The van der Waals surface area contributed by atoms with Gasteiger partial charge in [0.1, 0.15) is 17.7 Å². The Balaban J connectivity index is 1.33. The third-order valence-corrected chi connectivity index (χ3v) is 7.85. The fraction of sp³-hybridized carbons (Fsp3) is 0.515. The molecule has 9 heteroatoms. The molecule has 4 amide bonds. The van der Waals surface area contributed by atoms with Gasteiger partial charge in [-0.1, -0.05) is 60.2 Å². The predicted octanol–water partition coefficient (Wildman–Crippen LogP) is 3.98. The van der Waals surface area contributed by atoms with Gasteiger partial charge >= 0.3 is 6.09 Å². The van der Waals surface area contributed by atoms with Crippen LogP contribution in [-0.2, 0) is 32.1 Å². The van der Waals surface area contributed by atoms with Crippen molar-refractivity contribution in [2.75, 3.05) is 19.6 Å². The quantitative estimate of drug-likeness (QED) is 0.495. The Morgan fingerprint density at radius 1 is 0.905 bits per heavy atom. The number of hydrogen-bond donors (Lipinski definition) is 2. The summed E-state index contributed by atoms with van der Waals surface area (Å²) in [6.07, 6.45) is 2.28. The molecule has 4 rings (SSSR count). The fourth-order valence-corrected chi connectivity index (χ4v) is 5.50. The summed E-state index contributed by atoms with van der Waals surface area (Å²) in [5.41, 5.74) is 2.47. The number of rotatable bonds is 8. The van der Waals surface area contributed by atoms with Crippen LogP contribution in [0.25, 0.3) is 0 Å². The van der Waals surface area contributed by atoms with Crippen molar-refractivity contribution < 1.29 is 23.9 Å². The number of aryl methyl sites for hydroxylation is 1.